The van der Waals surface area contributed by atoms with Gasteiger partial charge in [0.15, 0.2) is 0 Å². The van der Waals surface area contributed by atoms with E-state index >= 15 is 0 Å². The molecule has 0 saturated heterocycles. The van der Waals surface area contributed by atoms with Crippen LogP contribution in [0.4, 0.5) is 4.39 Å². The summed E-state index contributed by atoms with van der Waals surface area (Å²) >= 11 is 5.91. The lowest BCUT2D eigenvalue weighted by Gasteiger charge is -2.22. The molecule has 3 unspecified atom stereocenters. The summed E-state index contributed by atoms with van der Waals surface area (Å²) in [5, 5.41) is 3.80. The molecule has 3 aromatic rings. The van der Waals surface area contributed by atoms with Gasteiger partial charge in [0.1, 0.15) is 5.82 Å². The molecule has 2 aromatic carbocycles. The number of hydrogen-bond donors (Lipinski definition) is 2. The maximum absolute atomic E-state index is 13.5. The van der Waals surface area contributed by atoms with E-state index in [-0.39, 0.29) is 29.5 Å². The van der Waals surface area contributed by atoms with Crippen LogP contribution in [0.15, 0.2) is 47.3 Å². The molecule has 2 saturated carbocycles. The molecule has 2 N–H and O–H groups in total. The van der Waals surface area contributed by atoms with Gasteiger partial charge in [0.2, 0.25) is 0 Å². The molecule has 0 aliphatic heterocycles. The lowest BCUT2D eigenvalue weighted by molar-refractivity contribution is 0.0927. The molecule has 2 aliphatic rings. The molecule has 0 spiro atoms. The largest absolute Gasteiger partial charge is 0.349 e. The highest BCUT2D eigenvalue weighted by Crippen LogP contribution is 2.62. The number of imidazole rings is 1. The Morgan fingerprint density at radius 3 is 2.60 bits per heavy atom. The minimum Gasteiger partial charge on any atom is -0.349 e. The molecule has 156 valence electrons. The van der Waals surface area contributed by atoms with Crippen LogP contribution < -0.4 is 11.0 Å². The van der Waals surface area contributed by atoms with Crippen LogP contribution in [0, 0.1) is 23.6 Å². The minimum atomic E-state index is -0.354. The summed E-state index contributed by atoms with van der Waals surface area (Å²) in [5.74, 6) is 1.02. The molecule has 0 radical (unpaired) electrons. The van der Waals surface area contributed by atoms with Crippen LogP contribution in [0.5, 0.6) is 0 Å². The Hall–Kier alpha value is -2.60. The topological polar surface area (TPSA) is 66.9 Å². The fourth-order valence-corrected chi connectivity index (χ4v) is 5.59. The molecule has 1 heterocycles. The Labute approximate surface area is 178 Å². The molecular weight excluding hydrogens is 405 g/mol. The first kappa shape index (κ1) is 19.4. The molecule has 1 amide bonds. The molecule has 7 heteroatoms. The smallest absolute Gasteiger partial charge is 0.326 e. The standard InChI is InChI=1S/C23H23ClFN3O2/c1-2-18(26-22(29)12-3-5-13(24)6-4-12)21-16-10-15(11-17(16)21)28-20-8-7-14(25)9-19(20)27-23(28)30/h3-9,15-18,21H,2,10-11H2,1H3,(H,26,29)(H,27,30)/t15?,16-,17+,18?,21?. The second kappa shape index (κ2) is 7.27. The molecule has 2 fully saturated rings. The summed E-state index contributed by atoms with van der Waals surface area (Å²) in [6.07, 6.45) is 2.69. The second-order valence-corrected chi connectivity index (χ2v) is 8.92. The Kier molecular flexibility index (Phi) is 4.69. The molecular formula is C23H23ClFN3O2. The third-order valence-electron chi connectivity index (χ3n) is 6.86. The number of benzene rings is 2. The normalized spacial score (nSPS) is 25.8. The predicted molar refractivity (Wildman–Crippen MR) is 114 cm³/mol. The monoisotopic (exact) mass is 427 g/mol. The molecule has 2 aliphatic carbocycles. The highest BCUT2D eigenvalue weighted by atomic mass is 35.5. The first-order chi connectivity index (χ1) is 14.5. The van der Waals surface area contributed by atoms with Crippen LogP contribution in [0.2, 0.25) is 5.02 Å². The Morgan fingerprint density at radius 1 is 1.23 bits per heavy atom. The number of carbonyl (C=O) groups is 1. The average Bonchev–Trinajstić information content (AvgIpc) is 3.05. The quantitative estimate of drug-likeness (QED) is 0.628. The van der Waals surface area contributed by atoms with Crippen molar-refractivity contribution in [3.8, 4) is 0 Å². The van der Waals surface area contributed by atoms with Crippen molar-refractivity contribution in [2.75, 3.05) is 0 Å². The first-order valence-corrected chi connectivity index (χ1v) is 10.8. The van der Waals surface area contributed by atoms with Gasteiger partial charge < -0.3 is 10.3 Å². The van der Waals surface area contributed by atoms with Crippen molar-refractivity contribution in [2.45, 2.75) is 38.3 Å². The lowest BCUT2D eigenvalue weighted by Crippen LogP contribution is -2.37. The number of aromatic nitrogens is 2. The van der Waals surface area contributed by atoms with Crippen molar-refractivity contribution >= 4 is 28.5 Å². The summed E-state index contributed by atoms with van der Waals surface area (Å²) in [7, 11) is 0. The van der Waals surface area contributed by atoms with Gasteiger partial charge in [0.25, 0.3) is 5.91 Å². The SMILES string of the molecule is CCC(NC(=O)c1ccc(Cl)cc1)C1[C@H]2CC(n3c(=O)[nH]c4cc(F)ccc43)C[C@@H]12. The van der Waals surface area contributed by atoms with Crippen molar-refractivity contribution in [1.29, 1.82) is 0 Å². The summed E-state index contributed by atoms with van der Waals surface area (Å²) in [5.41, 5.74) is 1.73. The summed E-state index contributed by atoms with van der Waals surface area (Å²) in [6.45, 7) is 2.09. The van der Waals surface area contributed by atoms with Gasteiger partial charge in [-0.25, -0.2) is 9.18 Å². The number of nitrogens with zero attached hydrogens (tertiary/aromatic N) is 1. The zero-order valence-electron chi connectivity index (χ0n) is 16.6. The van der Waals surface area contributed by atoms with Crippen molar-refractivity contribution in [1.82, 2.24) is 14.9 Å². The average molecular weight is 428 g/mol. The van der Waals surface area contributed by atoms with Crippen molar-refractivity contribution in [2.24, 2.45) is 17.8 Å². The second-order valence-electron chi connectivity index (χ2n) is 8.49. The molecule has 5 rings (SSSR count). The molecule has 0 bridgehead atoms. The van der Waals surface area contributed by atoms with Gasteiger partial charge in [0, 0.05) is 22.7 Å². The summed E-state index contributed by atoms with van der Waals surface area (Å²) < 4.78 is 15.3. The Morgan fingerprint density at radius 2 is 1.93 bits per heavy atom. The number of hydrogen-bond acceptors (Lipinski definition) is 2. The Balaban J connectivity index is 1.28. The van der Waals surface area contributed by atoms with E-state index in [4.69, 9.17) is 11.6 Å². The van der Waals surface area contributed by atoms with E-state index in [0.717, 1.165) is 24.8 Å². The van der Waals surface area contributed by atoms with Crippen LogP contribution in [0.1, 0.15) is 42.6 Å². The number of nitrogens with one attached hydrogen (secondary N) is 2. The van der Waals surface area contributed by atoms with Crippen LogP contribution in [-0.4, -0.2) is 21.5 Å². The van der Waals surface area contributed by atoms with Gasteiger partial charge in [0.05, 0.1) is 11.0 Å². The molecule has 5 atom stereocenters. The van der Waals surface area contributed by atoms with Crippen molar-refractivity contribution < 1.29 is 9.18 Å². The van der Waals surface area contributed by atoms with E-state index < -0.39 is 0 Å². The van der Waals surface area contributed by atoms with E-state index in [1.165, 1.54) is 12.1 Å². The van der Waals surface area contributed by atoms with E-state index in [1.807, 2.05) is 0 Å². The van der Waals surface area contributed by atoms with E-state index in [2.05, 4.69) is 17.2 Å². The number of fused-ring (bicyclic) bond motifs is 2. The summed E-state index contributed by atoms with van der Waals surface area (Å²) in [6, 6.07) is 11.6. The molecule has 5 nitrogen and oxygen atoms in total. The number of H-pyrrole nitrogens is 1. The number of halogens is 2. The highest BCUT2D eigenvalue weighted by molar-refractivity contribution is 6.30. The number of amides is 1. The predicted octanol–water partition coefficient (Wildman–Crippen LogP) is 4.53. The van der Waals surface area contributed by atoms with Crippen molar-refractivity contribution in [3.63, 3.8) is 0 Å². The van der Waals surface area contributed by atoms with E-state index in [9.17, 15) is 14.0 Å². The van der Waals surface area contributed by atoms with Crippen LogP contribution in [0.25, 0.3) is 11.0 Å². The third kappa shape index (κ3) is 3.23. The Bertz CT molecular complexity index is 1160. The fraction of sp³-hybridized carbons (Fsp3) is 0.391. The van der Waals surface area contributed by atoms with Gasteiger partial charge >= 0.3 is 5.69 Å². The molecule has 1 aromatic heterocycles. The van der Waals surface area contributed by atoms with Gasteiger partial charge in [-0.15, -0.1) is 0 Å². The number of carbonyl (C=O) groups excluding carboxylic acids is 1. The maximum Gasteiger partial charge on any atom is 0.326 e. The first-order valence-electron chi connectivity index (χ1n) is 10.4. The van der Waals surface area contributed by atoms with Gasteiger partial charge in [-0.3, -0.25) is 9.36 Å². The minimum absolute atomic E-state index is 0.0742. The van der Waals surface area contributed by atoms with Crippen LogP contribution in [0.3, 0.4) is 0 Å². The van der Waals surface area contributed by atoms with Crippen LogP contribution in [-0.2, 0) is 0 Å². The van der Waals surface area contributed by atoms with Gasteiger partial charge in [-0.05, 0) is 79.5 Å². The van der Waals surface area contributed by atoms with Gasteiger partial charge in [-0.2, -0.15) is 0 Å². The maximum atomic E-state index is 13.5. The zero-order chi connectivity index (χ0) is 21.0. The van der Waals surface area contributed by atoms with Gasteiger partial charge in [-0.1, -0.05) is 18.5 Å². The molecule has 30 heavy (non-hydrogen) atoms. The fourth-order valence-electron chi connectivity index (χ4n) is 5.46. The number of aromatic amines is 1. The van der Waals surface area contributed by atoms with E-state index in [0.29, 0.717) is 33.9 Å². The highest BCUT2D eigenvalue weighted by Gasteiger charge is 2.59. The third-order valence-corrected chi connectivity index (χ3v) is 7.11. The van der Waals surface area contributed by atoms with Crippen molar-refractivity contribution in [3.05, 3.63) is 69.4 Å². The lowest BCUT2D eigenvalue weighted by atomic mass is 9.98. The zero-order valence-corrected chi connectivity index (χ0v) is 17.3. The van der Waals surface area contributed by atoms with Crippen LogP contribution >= 0.6 is 11.6 Å². The number of rotatable bonds is 5. The summed E-state index contributed by atoms with van der Waals surface area (Å²) in [4.78, 5) is 27.9. The van der Waals surface area contributed by atoms with E-state index in [1.54, 1.807) is 34.9 Å².